The number of hydrogen-bond donors (Lipinski definition) is 0. The van der Waals surface area contributed by atoms with E-state index in [-0.39, 0.29) is 11.7 Å². The monoisotopic (exact) mass is 494 g/mol. The first kappa shape index (κ1) is 28.1. The fourth-order valence-corrected chi connectivity index (χ4v) is 6.33. The molecule has 0 radical (unpaired) electrons. The third-order valence-electron chi connectivity index (χ3n) is 8.59. The molecular weight excluding hydrogens is 449 g/mol. The Balaban J connectivity index is 1.26. The second-order valence-electron chi connectivity index (χ2n) is 11.2. The molecule has 1 aromatic carbocycles. The molecule has 198 valence electrons. The zero-order chi connectivity index (χ0) is 25.1. The molecule has 0 aromatic heterocycles. The summed E-state index contributed by atoms with van der Waals surface area (Å²) in [5.41, 5.74) is -0.736. The topological polar surface area (TPSA) is 26.3 Å². The average molecular weight is 495 g/mol. The smallest absolute Gasteiger partial charge is 0.416 e. The van der Waals surface area contributed by atoms with E-state index in [1.807, 2.05) is 0 Å². The highest BCUT2D eigenvalue weighted by molar-refractivity contribution is 5.72. The fourth-order valence-electron chi connectivity index (χ4n) is 6.33. The minimum absolute atomic E-state index is 0.179. The maximum atomic E-state index is 12.7. The first-order valence-electron chi connectivity index (χ1n) is 14.2. The van der Waals surface area contributed by atoms with Crippen molar-refractivity contribution in [2.45, 2.75) is 122 Å². The van der Waals surface area contributed by atoms with E-state index in [1.165, 1.54) is 108 Å². The summed E-state index contributed by atoms with van der Waals surface area (Å²) in [6.07, 6.45) is 17.2. The van der Waals surface area contributed by atoms with E-state index in [9.17, 15) is 18.0 Å². The van der Waals surface area contributed by atoms with Crippen LogP contribution < -0.4 is 4.74 Å². The van der Waals surface area contributed by atoms with Crippen molar-refractivity contribution in [3.63, 3.8) is 0 Å². The predicted octanol–water partition coefficient (Wildman–Crippen LogP) is 9.75. The average Bonchev–Trinajstić information content (AvgIpc) is 2.85. The van der Waals surface area contributed by atoms with Crippen LogP contribution in [0.4, 0.5) is 13.2 Å². The number of carbonyl (C=O) groups is 1. The van der Waals surface area contributed by atoms with Gasteiger partial charge in [-0.15, -0.1) is 0 Å². The molecule has 1 aromatic rings. The van der Waals surface area contributed by atoms with E-state index in [4.69, 9.17) is 4.74 Å². The van der Waals surface area contributed by atoms with Crippen molar-refractivity contribution in [2.75, 3.05) is 0 Å². The first-order chi connectivity index (χ1) is 16.8. The Kier molecular flexibility index (Phi) is 11.4. The number of benzene rings is 1. The Morgan fingerprint density at radius 1 is 0.771 bits per heavy atom. The van der Waals surface area contributed by atoms with Gasteiger partial charge < -0.3 is 4.74 Å². The number of esters is 1. The van der Waals surface area contributed by atoms with Crippen LogP contribution in [0.1, 0.15) is 122 Å². The fraction of sp³-hybridized carbons (Fsp3) is 0.767. The largest absolute Gasteiger partial charge is 0.427 e. The normalized spacial score (nSPS) is 25.4. The van der Waals surface area contributed by atoms with E-state index in [2.05, 4.69) is 6.92 Å². The second kappa shape index (κ2) is 14.3. The summed E-state index contributed by atoms with van der Waals surface area (Å²) < 4.78 is 43.2. The molecule has 0 atom stereocenters. The van der Waals surface area contributed by atoms with Crippen LogP contribution in [0.3, 0.4) is 0 Å². The van der Waals surface area contributed by atoms with Gasteiger partial charge in [0.2, 0.25) is 0 Å². The highest BCUT2D eigenvalue weighted by atomic mass is 19.4. The summed E-state index contributed by atoms with van der Waals surface area (Å²) in [5.74, 6) is 3.12. The number of ether oxygens (including phenoxy) is 1. The Labute approximate surface area is 210 Å². The highest BCUT2D eigenvalue weighted by Gasteiger charge is 2.31. The number of rotatable bonds is 12. The molecule has 0 aliphatic heterocycles. The van der Waals surface area contributed by atoms with Crippen molar-refractivity contribution < 1.29 is 22.7 Å². The maximum absolute atomic E-state index is 12.7. The van der Waals surface area contributed by atoms with Crippen LogP contribution in [-0.2, 0) is 11.0 Å². The molecule has 2 nitrogen and oxygen atoms in total. The van der Waals surface area contributed by atoms with E-state index in [0.29, 0.717) is 12.3 Å². The summed E-state index contributed by atoms with van der Waals surface area (Å²) >= 11 is 0. The maximum Gasteiger partial charge on any atom is 0.416 e. The molecule has 5 heteroatoms. The Morgan fingerprint density at radius 3 is 1.83 bits per heavy atom. The standard InChI is InChI=1S/C30H45F3O2/c1-2-3-4-5-6-7-8-23-9-14-25(15-10-23)26-16-11-24(12-17-26)13-22-29(34)35-28-20-18-27(19-21-28)30(31,32)33/h18-21,23-26H,2-17,22H2,1H3. The Bertz CT molecular complexity index is 727. The minimum Gasteiger partial charge on any atom is -0.427 e. The lowest BCUT2D eigenvalue weighted by Crippen LogP contribution is -2.26. The molecule has 35 heavy (non-hydrogen) atoms. The third-order valence-corrected chi connectivity index (χ3v) is 8.59. The number of hydrogen-bond acceptors (Lipinski definition) is 2. The summed E-state index contributed by atoms with van der Waals surface area (Å²) in [6, 6.07) is 4.33. The van der Waals surface area contributed by atoms with Crippen LogP contribution >= 0.6 is 0 Å². The van der Waals surface area contributed by atoms with Gasteiger partial charge in [0.1, 0.15) is 5.75 Å². The van der Waals surface area contributed by atoms with Crippen LogP contribution in [0.2, 0.25) is 0 Å². The van der Waals surface area contributed by atoms with Gasteiger partial charge in [-0.3, -0.25) is 4.79 Å². The molecular formula is C30H45F3O2. The zero-order valence-corrected chi connectivity index (χ0v) is 21.6. The van der Waals surface area contributed by atoms with Gasteiger partial charge in [0.25, 0.3) is 0 Å². The van der Waals surface area contributed by atoms with Crippen LogP contribution in [0, 0.1) is 23.7 Å². The van der Waals surface area contributed by atoms with Crippen LogP contribution in [-0.4, -0.2) is 5.97 Å². The first-order valence-corrected chi connectivity index (χ1v) is 14.2. The summed E-state index contributed by atoms with van der Waals surface area (Å²) in [6.45, 7) is 2.27. The van der Waals surface area contributed by atoms with Crippen molar-refractivity contribution >= 4 is 5.97 Å². The van der Waals surface area contributed by atoms with E-state index in [0.717, 1.165) is 36.3 Å². The quantitative estimate of drug-likeness (QED) is 0.164. The van der Waals surface area contributed by atoms with Crippen molar-refractivity contribution in [2.24, 2.45) is 23.7 Å². The third kappa shape index (κ3) is 9.80. The van der Waals surface area contributed by atoms with Crippen molar-refractivity contribution in [3.8, 4) is 5.75 Å². The molecule has 2 aliphatic carbocycles. The predicted molar refractivity (Wildman–Crippen MR) is 135 cm³/mol. The summed E-state index contributed by atoms with van der Waals surface area (Å²) in [7, 11) is 0. The number of alkyl halides is 3. The Morgan fingerprint density at radius 2 is 1.29 bits per heavy atom. The van der Waals surface area contributed by atoms with E-state index >= 15 is 0 Å². The molecule has 3 rings (SSSR count). The van der Waals surface area contributed by atoms with Crippen molar-refractivity contribution in [3.05, 3.63) is 29.8 Å². The van der Waals surface area contributed by atoms with Gasteiger partial charge in [-0.25, -0.2) is 0 Å². The molecule has 0 N–H and O–H groups in total. The van der Waals surface area contributed by atoms with Gasteiger partial charge in [-0.05, 0) is 80.0 Å². The van der Waals surface area contributed by atoms with Gasteiger partial charge in [0, 0.05) is 6.42 Å². The lowest BCUT2D eigenvalue weighted by atomic mass is 9.68. The molecule has 0 heterocycles. The minimum atomic E-state index is -4.38. The molecule has 2 aliphatic rings. The molecule has 0 unspecified atom stereocenters. The Hall–Kier alpha value is -1.52. The molecule has 2 fully saturated rings. The molecule has 2 saturated carbocycles. The lowest BCUT2D eigenvalue weighted by Gasteiger charge is -2.38. The van der Waals surface area contributed by atoms with Crippen molar-refractivity contribution in [1.29, 1.82) is 0 Å². The second-order valence-corrected chi connectivity index (χ2v) is 11.2. The zero-order valence-electron chi connectivity index (χ0n) is 21.6. The van der Waals surface area contributed by atoms with Gasteiger partial charge >= 0.3 is 12.1 Å². The lowest BCUT2D eigenvalue weighted by molar-refractivity contribution is -0.137. The highest BCUT2D eigenvalue weighted by Crippen LogP contribution is 2.43. The van der Waals surface area contributed by atoms with Gasteiger partial charge in [0.05, 0.1) is 5.56 Å². The SMILES string of the molecule is CCCCCCCCC1CCC(C2CCC(CCC(=O)Oc3ccc(C(F)(F)F)cc3)CC2)CC1. The summed E-state index contributed by atoms with van der Waals surface area (Å²) in [4.78, 5) is 12.2. The number of carbonyl (C=O) groups excluding carboxylic acids is 1. The van der Waals surface area contributed by atoms with Crippen LogP contribution in [0.25, 0.3) is 0 Å². The number of halogens is 3. The van der Waals surface area contributed by atoms with Crippen molar-refractivity contribution in [1.82, 2.24) is 0 Å². The molecule has 0 saturated heterocycles. The van der Waals surface area contributed by atoms with Gasteiger partial charge in [-0.1, -0.05) is 77.6 Å². The molecule has 0 spiro atoms. The number of unbranched alkanes of at least 4 members (excludes halogenated alkanes) is 5. The summed E-state index contributed by atoms with van der Waals surface area (Å²) in [5, 5.41) is 0. The van der Waals surface area contributed by atoms with Crippen LogP contribution in [0.15, 0.2) is 24.3 Å². The van der Waals surface area contributed by atoms with E-state index in [1.54, 1.807) is 0 Å². The van der Waals surface area contributed by atoms with E-state index < -0.39 is 11.7 Å². The molecule has 0 bridgehead atoms. The van der Waals surface area contributed by atoms with Crippen LogP contribution in [0.5, 0.6) is 5.75 Å². The van der Waals surface area contributed by atoms with Gasteiger partial charge in [-0.2, -0.15) is 13.2 Å². The van der Waals surface area contributed by atoms with Gasteiger partial charge in [0.15, 0.2) is 0 Å². The molecule has 0 amide bonds.